The van der Waals surface area contributed by atoms with E-state index in [0.29, 0.717) is 11.7 Å². The van der Waals surface area contributed by atoms with Gasteiger partial charge in [0.1, 0.15) is 5.76 Å². The van der Waals surface area contributed by atoms with E-state index in [1.54, 1.807) is 18.0 Å². The zero-order chi connectivity index (χ0) is 17.3. The SMILES string of the molecule is Cc1cc(C(=O)[C@@H](C)Sc2nnnn2C)c(C)n1Cc1ccco1. The number of hydrogen-bond acceptors (Lipinski definition) is 6. The largest absolute Gasteiger partial charge is 0.467 e. The topological polar surface area (TPSA) is 78.7 Å². The number of thioether (sulfide) groups is 1. The third-order valence-electron chi connectivity index (χ3n) is 3.97. The molecule has 0 aliphatic carbocycles. The molecule has 0 aliphatic heterocycles. The maximum Gasteiger partial charge on any atom is 0.209 e. The number of nitrogens with zero attached hydrogens (tertiary/aromatic N) is 5. The summed E-state index contributed by atoms with van der Waals surface area (Å²) in [5, 5.41) is 11.7. The average molecular weight is 345 g/mol. The fraction of sp³-hybridized carbons (Fsp3) is 0.375. The van der Waals surface area contributed by atoms with E-state index in [2.05, 4.69) is 20.1 Å². The lowest BCUT2D eigenvalue weighted by Crippen LogP contribution is -2.15. The Morgan fingerprint density at radius 3 is 2.83 bits per heavy atom. The van der Waals surface area contributed by atoms with Crippen LogP contribution < -0.4 is 0 Å². The van der Waals surface area contributed by atoms with Gasteiger partial charge in [0.25, 0.3) is 0 Å². The van der Waals surface area contributed by atoms with Crippen molar-refractivity contribution in [1.82, 2.24) is 24.8 Å². The van der Waals surface area contributed by atoms with Crippen LogP contribution in [-0.4, -0.2) is 35.8 Å². The third kappa shape index (κ3) is 3.14. The number of tetrazole rings is 1. The Labute approximate surface area is 144 Å². The van der Waals surface area contributed by atoms with Crippen molar-refractivity contribution in [3.63, 3.8) is 0 Å². The molecule has 0 N–H and O–H groups in total. The highest BCUT2D eigenvalue weighted by Gasteiger charge is 2.23. The van der Waals surface area contributed by atoms with Crippen LogP contribution in [0.2, 0.25) is 0 Å². The van der Waals surface area contributed by atoms with E-state index in [4.69, 9.17) is 4.42 Å². The van der Waals surface area contributed by atoms with Crippen LogP contribution in [0.5, 0.6) is 0 Å². The van der Waals surface area contributed by atoms with Crippen molar-refractivity contribution in [1.29, 1.82) is 0 Å². The highest BCUT2D eigenvalue weighted by atomic mass is 32.2. The van der Waals surface area contributed by atoms with Gasteiger partial charge in [0, 0.05) is 24.0 Å². The Morgan fingerprint density at radius 1 is 1.42 bits per heavy atom. The molecule has 0 bridgehead atoms. The Morgan fingerprint density at radius 2 is 2.21 bits per heavy atom. The first-order valence-electron chi connectivity index (χ1n) is 7.59. The van der Waals surface area contributed by atoms with E-state index < -0.39 is 0 Å². The Bertz CT molecular complexity index is 850. The lowest BCUT2D eigenvalue weighted by atomic mass is 10.1. The molecule has 7 nitrogen and oxygen atoms in total. The molecule has 3 aromatic heterocycles. The van der Waals surface area contributed by atoms with Crippen molar-refractivity contribution in [3.8, 4) is 0 Å². The highest BCUT2D eigenvalue weighted by Crippen LogP contribution is 2.26. The molecule has 0 aromatic carbocycles. The van der Waals surface area contributed by atoms with Gasteiger partial charge in [0.15, 0.2) is 5.78 Å². The lowest BCUT2D eigenvalue weighted by Gasteiger charge is -2.10. The molecule has 24 heavy (non-hydrogen) atoms. The normalized spacial score (nSPS) is 12.5. The minimum Gasteiger partial charge on any atom is -0.467 e. The molecule has 0 fully saturated rings. The minimum absolute atomic E-state index is 0.0711. The van der Waals surface area contributed by atoms with Gasteiger partial charge in [-0.3, -0.25) is 4.79 Å². The van der Waals surface area contributed by atoms with Gasteiger partial charge in [-0.2, -0.15) is 0 Å². The standard InChI is InChI=1S/C16H19N5O2S/c1-10-8-14(11(2)21(10)9-13-6-5-7-23-13)15(22)12(3)24-16-17-18-19-20(16)4/h5-8,12H,9H2,1-4H3/t12-/m1/s1. The number of rotatable bonds is 6. The molecule has 8 heteroatoms. The third-order valence-corrected chi connectivity index (χ3v) is 5.09. The summed E-state index contributed by atoms with van der Waals surface area (Å²) >= 11 is 1.36. The second-order valence-electron chi connectivity index (χ2n) is 5.66. The molecule has 0 aliphatic rings. The van der Waals surface area contributed by atoms with Gasteiger partial charge >= 0.3 is 0 Å². The zero-order valence-corrected chi connectivity index (χ0v) is 14.9. The number of carbonyl (C=O) groups is 1. The summed E-state index contributed by atoms with van der Waals surface area (Å²) in [6.45, 7) is 6.45. The van der Waals surface area contributed by atoms with Crippen molar-refractivity contribution in [3.05, 3.63) is 47.2 Å². The Hall–Kier alpha value is -2.35. The number of carbonyl (C=O) groups excluding carboxylic acids is 1. The molecule has 0 unspecified atom stereocenters. The van der Waals surface area contributed by atoms with Crippen molar-refractivity contribution in [2.24, 2.45) is 7.05 Å². The summed E-state index contributed by atoms with van der Waals surface area (Å²) in [5.41, 5.74) is 2.70. The summed E-state index contributed by atoms with van der Waals surface area (Å²) < 4.78 is 9.07. The lowest BCUT2D eigenvalue weighted by molar-refractivity contribution is 0.0993. The first kappa shape index (κ1) is 16.5. The van der Waals surface area contributed by atoms with Crippen LogP contribution in [0.3, 0.4) is 0 Å². The highest BCUT2D eigenvalue weighted by molar-refractivity contribution is 8.00. The summed E-state index contributed by atoms with van der Waals surface area (Å²) in [6, 6.07) is 5.73. The predicted molar refractivity (Wildman–Crippen MR) is 90.2 cm³/mol. The van der Waals surface area contributed by atoms with Crippen molar-refractivity contribution in [2.45, 2.75) is 37.7 Å². The van der Waals surface area contributed by atoms with E-state index in [-0.39, 0.29) is 11.0 Å². The average Bonchev–Trinajstić information content (AvgIpc) is 3.26. The molecule has 0 saturated carbocycles. The molecule has 0 saturated heterocycles. The fourth-order valence-corrected chi connectivity index (χ4v) is 3.43. The van der Waals surface area contributed by atoms with Gasteiger partial charge in [-0.1, -0.05) is 11.8 Å². The monoisotopic (exact) mass is 345 g/mol. The van der Waals surface area contributed by atoms with Crippen LogP contribution >= 0.6 is 11.8 Å². The number of aromatic nitrogens is 5. The van der Waals surface area contributed by atoms with Crippen LogP contribution in [0.4, 0.5) is 0 Å². The Balaban J connectivity index is 1.81. The van der Waals surface area contributed by atoms with Crippen molar-refractivity contribution in [2.75, 3.05) is 0 Å². The smallest absolute Gasteiger partial charge is 0.209 e. The summed E-state index contributed by atoms with van der Waals surface area (Å²) in [7, 11) is 1.76. The maximum atomic E-state index is 12.8. The van der Waals surface area contributed by atoms with E-state index >= 15 is 0 Å². The van der Waals surface area contributed by atoms with Crippen LogP contribution in [0.25, 0.3) is 0 Å². The molecule has 0 radical (unpaired) electrons. The van der Waals surface area contributed by atoms with Crippen LogP contribution in [0.1, 0.15) is 34.4 Å². The minimum atomic E-state index is -0.271. The maximum absolute atomic E-state index is 12.8. The van der Waals surface area contributed by atoms with Gasteiger partial charge in [-0.15, -0.1) is 5.10 Å². The molecule has 0 amide bonds. The van der Waals surface area contributed by atoms with Gasteiger partial charge in [-0.25, -0.2) is 4.68 Å². The zero-order valence-electron chi connectivity index (χ0n) is 14.1. The van der Waals surface area contributed by atoms with Crippen LogP contribution in [0, 0.1) is 13.8 Å². The van der Waals surface area contributed by atoms with Crippen molar-refractivity contribution >= 4 is 17.5 Å². The van der Waals surface area contributed by atoms with Gasteiger partial charge < -0.3 is 8.98 Å². The molecular formula is C16H19N5O2S. The van der Waals surface area contributed by atoms with E-state index in [9.17, 15) is 4.79 Å². The molecular weight excluding hydrogens is 326 g/mol. The second kappa shape index (κ2) is 6.64. The first-order chi connectivity index (χ1) is 11.5. The van der Waals surface area contributed by atoms with Gasteiger partial charge in [-0.05, 0) is 49.4 Å². The second-order valence-corrected chi connectivity index (χ2v) is 6.97. The number of Topliss-reactive ketones (excluding diaryl/α,β-unsaturated/α-hetero) is 1. The number of hydrogen-bond donors (Lipinski definition) is 0. The van der Waals surface area contributed by atoms with E-state index in [1.807, 2.05) is 39.0 Å². The molecule has 3 heterocycles. The van der Waals surface area contributed by atoms with Gasteiger partial charge in [0.2, 0.25) is 5.16 Å². The Kier molecular flexibility index (Phi) is 4.57. The quantitative estimate of drug-likeness (QED) is 0.505. The molecule has 126 valence electrons. The van der Waals surface area contributed by atoms with E-state index in [1.165, 1.54) is 11.8 Å². The molecule has 0 spiro atoms. The first-order valence-corrected chi connectivity index (χ1v) is 8.47. The fourth-order valence-electron chi connectivity index (χ4n) is 2.60. The van der Waals surface area contributed by atoms with E-state index in [0.717, 1.165) is 22.7 Å². The number of furan rings is 1. The molecule has 1 atom stereocenters. The van der Waals surface area contributed by atoms with Crippen LogP contribution in [-0.2, 0) is 13.6 Å². The number of aryl methyl sites for hydroxylation is 2. The summed E-state index contributed by atoms with van der Waals surface area (Å²) in [4.78, 5) is 12.8. The molecule has 3 rings (SSSR count). The molecule has 3 aromatic rings. The van der Waals surface area contributed by atoms with Gasteiger partial charge in [0.05, 0.1) is 18.1 Å². The summed E-state index contributed by atoms with van der Waals surface area (Å²) in [6.07, 6.45) is 1.66. The van der Waals surface area contributed by atoms with Crippen LogP contribution in [0.15, 0.2) is 34.0 Å². The number of ketones is 1. The predicted octanol–water partition coefficient (Wildman–Crippen LogP) is 2.63. The summed E-state index contributed by atoms with van der Waals surface area (Å²) in [5.74, 6) is 0.935. The van der Waals surface area contributed by atoms with Crippen molar-refractivity contribution < 1.29 is 9.21 Å².